The van der Waals surface area contributed by atoms with Crippen molar-refractivity contribution in [2.45, 2.75) is 11.1 Å². The molecule has 0 saturated carbocycles. The Kier molecular flexibility index (Phi) is 9.25. The zero-order chi connectivity index (χ0) is 27.5. The number of rotatable bonds is 7. The Balaban J connectivity index is 1.74. The van der Waals surface area contributed by atoms with Gasteiger partial charge in [-0.15, -0.1) is 11.8 Å². The molecule has 0 fully saturated rings. The van der Waals surface area contributed by atoms with E-state index >= 15 is 0 Å². The fraction of sp³-hybridized carbons (Fsp3) is 0.0870. The predicted octanol–water partition coefficient (Wildman–Crippen LogP) is 8.00. The summed E-state index contributed by atoms with van der Waals surface area (Å²) < 4.78 is 39.4. The minimum absolute atomic E-state index is 0.201. The van der Waals surface area contributed by atoms with Gasteiger partial charge in [0.05, 0.1) is 48.2 Å². The van der Waals surface area contributed by atoms with Crippen LogP contribution in [0.3, 0.4) is 0 Å². The maximum Gasteiger partial charge on any atom is 0.418 e. The second kappa shape index (κ2) is 11.8. The standard InChI is InChI=1S/C23H13Cl4F3N2O4S/c24-17-15(16(22(35)36)18(25)20(27)19(17)26)21(34)31-10-4-3-5-11(8-10)37-9-14(33)32-13-7-2-1-6-12(13)23(28,29)30/h1-8H,9H2,(H,31,34)(H,32,33)(H,35,36). The number of carbonyl (C=O) groups is 3. The van der Waals surface area contributed by atoms with E-state index in [1.807, 2.05) is 0 Å². The van der Waals surface area contributed by atoms with Gasteiger partial charge in [-0.2, -0.15) is 13.2 Å². The molecule has 0 saturated heterocycles. The van der Waals surface area contributed by atoms with E-state index < -0.39 is 50.7 Å². The summed E-state index contributed by atoms with van der Waals surface area (Å²) in [6.45, 7) is 0. The van der Waals surface area contributed by atoms with Gasteiger partial charge in [0.25, 0.3) is 5.91 Å². The second-order valence-electron chi connectivity index (χ2n) is 7.17. The summed E-state index contributed by atoms with van der Waals surface area (Å²) in [5, 5.41) is 12.7. The van der Waals surface area contributed by atoms with Crippen LogP contribution in [0, 0.1) is 0 Å². The molecule has 3 rings (SSSR count). The van der Waals surface area contributed by atoms with Gasteiger partial charge in [-0.1, -0.05) is 64.6 Å². The summed E-state index contributed by atoms with van der Waals surface area (Å²) in [6, 6.07) is 10.7. The first-order chi connectivity index (χ1) is 17.3. The molecule has 0 bridgehead atoms. The molecule has 3 N–H and O–H groups in total. The Labute approximate surface area is 232 Å². The van der Waals surface area contributed by atoms with Crippen LogP contribution in [0.2, 0.25) is 20.1 Å². The van der Waals surface area contributed by atoms with Gasteiger partial charge in [0.2, 0.25) is 5.91 Å². The van der Waals surface area contributed by atoms with Crippen LogP contribution in [-0.2, 0) is 11.0 Å². The van der Waals surface area contributed by atoms with E-state index in [-0.39, 0.29) is 27.2 Å². The molecule has 0 spiro atoms. The molecular weight excluding hydrogens is 599 g/mol. The Morgan fingerprint density at radius 1 is 0.838 bits per heavy atom. The number of carbonyl (C=O) groups excluding carboxylic acids is 2. The van der Waals surface area contributed by atoms with Gasteiger partial charge in [0.1, 0.15) is 0 Å². The molecule has 14 heteroatoms. The molecule has 0 aliphatic heterocycles. The van der Waals surface area contributed by atoms with Crippen molar-refractivity contribution < 1.29 is 32.7 Å². The van der Waals surface area contributed by atoms with Crippen molar-refractivity contribution >= 4 is 87.3 Å². The highest BCUT2D eigenvalue weighted by Crippen LogP contribution is 2.42. The topological polar surface area (TPSA) is 95.5 Å². The van der Waals surface area contributed by atoms with Crippen LogP contribution in [0.25, 0.3) is 0 Å². The van der Waals surface area contributed by atoms with Crippen molar-refractivity contribution in [1.29, 1.82) is 0 Å². The average molecular weight is 612 g/mol. The van der Waals surface area contributed by atoms with Crippen LogP contribution in [0.1, 0.15) is 26.3 Å². The quantitative estimate of drug-likeness (QED) is 0.143. The lowest BCUT2D eigenvalue weighted by molar-refractivity contribution is -0.137. The summed E-state index contributed by atoms with van der Waals surface area (Å²) in [5.74, 6) is -3.41. The third-order valence-corrected chi connectivity index (χ3v) is 7.47. The summed E-state index contributed by atoms with van der Waals surface area (Å²) in [7, 11) is 0. The van der Waals surface area contributed by atoms with Crippen molar-refractivity contribution in [3.63, 3.8) is 0 Å². The smallest absolute Gasteiger partial charge is 0.418 e. The number of halogens is 7. The highest BCUT2D eigenvalue weighted by atomic mass is 35.5. The van der Waals surface area contributed by atoms with Crippen LogP contribution < -0.4 is 10.6 Å². The lowest BCUT2D eigenvalue weighted by atomic mass is 10.1. The van der Waals surface area contributed by atoms with E-state index in [1.54, 1.807) is 6.07 Å². The molecule has 2 amide bonds. The van der Waals surface area contributed by atoms with Gasteiger partial charge < -0.3 is 15.7 Å². The monoisotopic (exact) mass is 610 g/mol. The molecule has 0 aromatic heterocycles. The summed E-state index contributed by atoms with van der Waals surface area (Å²) in [6.07, 6.45) is -4.63. The molecule has 0 radical (unpaired) electrons. The zero-order valence-electron chi connectivity index (χ0n) is 18.1. The first-order valence-corrected chi connectivity index (χ1v) is 12.4. The molecule has 0 aliphatic carbocycles. The molecule has 3 aromatic carbocycles. The van der Waals surface area contributed by atoms with E-state index in [0.29, 0.717) is 4.90 Å². The van der Waals surface area contributed by atoms with E-state index in [2.05, 4.69) is 10.6 Å². The minimum atomic E-state index is -4.63. The fourth-order valence-electron chi connectivity index (χ4n) is 3.08. The number of nitrogens with one attached hydrogen (secondary N) is 2. The number of thioether (sulfide) groups is 1. The van der Waals surface area contributed by atoms with Crippen molar-refractivity contribution in [3.05, 3.63) is 85.3 Å². The van der Waals surface area contributed by atoms with E-state index in [4.69, 9.17) is 46.4 Å². The fourth-order valence-corrected chi connectivity index (χ4v) is 4.85. The molecule has 0 aliphatic rings. The van der Waals surface area contributed by atoms with Gasteiger partial charge in [-0.3, -0.25) is 9.59 Å². The normalized spacial score (nSPS) is 11.2. The van der Waals surface area contributed by atoms with Crippen LogP contribution in [0.4, 0.5) is 24.5 Å². The third-order valence-electron chi connectivity index (χ3n) is 4.68. The SMILES string of the molecule is O=C(CSc1cccc(NC(=O)c2c(Cl)c(Cl)c(Cl)c(Cl)c2C(=O)O)c1)Nc1ccccc1C(F)(F)F. The molecule has 194 valence electrons. The number of hydrogen-bond donors (Lipinski definition) is 3. The summed E-state index contributed by atoms with van der Waals surface area (Å²) in [4.78, 5) is 37.3. The second-order valence-corrected chi connectivity index (χ2v) is 9.73. The third kappa shape index (κ3) is 6.82. The molecular formula is C23H13Cl4F3N2O4S. The van der Waals surface area contributed by atoms with Gasteiger partial charge in [-0.25, -0.2) is 4.79 Å². The average Bonchev–Trinajstić information content (AvgIpc) is 2.83. The number of aromatic carboxylic acids is 1. The number of benzene rings is 3. The Hall–Kier alpha value is -2.63. The molecule has 37 heavy (non-hydrogen) atoms. The van der Waals surface area contributed by atoms with Crippen molar-refractivity contribution in [3.8, 4) is 0 Å². The Morgan fingerprint density at radius 2 is 1.46 bits per heavy atom. The number of amides is 2. The van der Waals surface area contributed by atoms with Crippen molar-refractivity contribution in [2.24, 2.45) is 0 Å². The number of anilines is 2. The van der Waals surface area contributed by atoms with Gasteiger partial charge in [0.15, 0.2) is 0 Å². The predicted molar refractivity (Wildman–Crippen MR) is 139 cm³/mol. The molecule has 3 aromatic rings. The Morgan fingerprint density at radius 3 is 2.08 bits per heavy atom. The van der Waals surface area contributed by atoms with E-state index in [1.165, 1.54) is 30.3 Å². The zero-order valence-corrected chi connectivity index (χ0v) is 21.9. The van der Waals surface area contributed by atoms with Crippen molar-refractivity contribution in [1.82, 2.24) is 0 Å². The van der Waals surface area contributed by atoms with E-state index in [9.17, 15) is 32.7 Å². The summed E-state index contributed by atoms with van der Waals surface area (Å²) in [5.41, 5.74) is -2.28. The van der Waals surface area contributed by atoms with Crippen LogP contribution >= 0.6 is 58.2 Å². The van der Waals surface area contributed by atoms with Crippen LogP contribution in [-0.4, -0.2) is 28.6 Å². The lowest BCUT2D eigenvalue weighted by Crippen LogP contribution is -2.18. The molecule has 0 unspecified atom stereocenters. The molecule has 0 heterocycles. The highest BCUT2D eigenvalue weighted by Gasteiger charge is 2.33. The van der Waals surface area contributed by atoms with Crippen LogP contribution in [0.15, 0.2) is 53.4 Å². The number of carboxylic acid groups (broad SMARTS) is 1. The van der Waals surface area contributed by atoms with E-state index in [0.717, 1.165) is 23.9 Å². The number of carboxylic acids is 1. The van der Waals surface area contributed by atoms with Gasteiger partial charge >= 0.3 is 12.1 Å². The molecule has 6 nitrogen and oxygen atoms in total. The Bertz CT molecular complexity index is 1400. The maximum absolute atomic E-state index is 13.1. The van der Waals surface area contributed by atoms with Gasteiger partial charge in [-0.05, 0) is 30.3 Å². The number of hydrogen-bond acceptors (Lipinski definition) is 4. The van der Waals surface area contributed by atoms with Crippen molar-refractivity contribution in [2.75, 3.05) is 16.4 Å². The maximum atomic E-state index is 13.1. The molecule has 0 atom stereocenters. The lowest BCUT2D eigenvalue weighted by Gasteiger charge is -2.14. The highest BCUT2D eigenvalue weighted by molar-refractivity contribution is 8.00. The van der Waals surface area contributed by atoms with Gasteiger partial charge in [0, 0.05) is 10.6 Å². The first kappa shape index (κ1) is 28.9. The number of para-hydroxylation sites is 1. The largest absolute Gasteiger partial charge is 0.478 e. The number of alkyl halides is 3. The minimum Gasteiger partial charge on any atom is -0.478 e. The van der Waals surface area contributed by atoms with Crippen LogP contribution in [0.5, 0.6) is 0 Å². The first-order valence-electron chi connectivity index (χ1n) is 9.90. The summed E-state index contributed by atoms with van der Waals surface area (Å²) >= 11 is 24.9.